The normalized spacial score (nSPS) is 12.5. The zero-order chi connectivity index (χ0) is 23.2. The van der Waals surface area contributed by atoms with Crippen molar-refractivity contribution < 1.29 is 13.9 Å². The summed E-state index contributed by atoms with van der Waals surface area (Å²) in [5, 5.41) is 13.2. The summed E-state index contributed by atoms with van der Waals surface area (Å²) in [7, 11) is 3.27. The fourth-order valence-electron chi connectivity index (χ4n) is 3.96. The standard InChI is InChI=1S/C23H28N6O4/c1-4-21(22-25-26-27-29(22)9-11-31-2)28(15-19-6-5-10-33-19)14-17-12-16-13-18(32-3)7-8-20(16)24-23(17)30/h5-8,10,12-13,21H,4,9,11,14-15H2,1-3H3,(H,24,30)/t21-/m0/s1. The summed E-state index contributed by atoms with van der Waals surface area (Å²) in [4.78, 5) is 18.1. The molecule has 0 saturated carbocycles. The molecule has 174 valence electrons. The van der Waals surface area contributed by atoms with Crippen LogP contribution in [0.2, 0.25) is 0 Å². The largest absolute Gasteiger partial charge is 0.497 e. The number of furan rings is 1. The number of pyridine rings is 1. The highest BCUT2D eigenvalue weighted by atomic mass is 16.5. The summed E-state index contributed by atoms with van der Waals surface area (Å²) in [6, 6.07) is 11.1. The molecule has 3 heterocycles. The van der Waals surface area contributed by atoms with Gasteiger partial charge >= 0.3 is 0 Å². The number of aromatic nitrogens is 5. The molecule has 10 heteroatoms. The number of tetrazole rings is 1. The van der Waals surface area contributed by atoms with E-state index < -0.39 is 0 Å². The monoisotopic (exact) mass is 452 g/mol. The van der Waals surface area contributed by atoms with Crippen LogP contribution in [0.3, 0.4) is 0 Å². The minimum Gasteiger partial charge on any atom is -0.497 e. The van der Waals surface area contributed by atoms with Crippen LogP contribution in [0.15, 0.2) is 51.9 Å². The van der Waals surface area contributed by atoms with Crippen LogP contribution in [0.4, 0.5) is 0 Å². The number of hydrogen-bond donors (Lipinski definition) is 1. The van der Waals surface area contributed by atoms with E-state index in [1.807, 2.05) is 36.4 Å². The number of aromatic amines is 1. The summed E-state index contributed by atoms with van der Waals surface area (Å²) in [5.41, 5.74) is 1.26. The van der Waals surface area contributed by atoms with Gasteiger partial charge in [-0.25, -0.2) is 4.68 Å². The van der Waals surface area contributed by atoms with Crippen molar-refractivity contribution in [3.05, 3.63) is 70.2 Å². The van der Waals surface area contributed by atoms with Crippen molar-refractivity contribution in [2.75, 3.05) is 20.8 Å². The molecule has 33 heavy (non-hydrogen) atoms. The Morgan fingerprint density at radius 1 is 1.21 bits per heavy atom. The lowest BCUT2D eigenvalue weighted by Gasteiger charge is -2.29. The molecule has 0 aliphatic carbocycles. The minimum atomic E-state index is -0.137. The van der Waals surface area contributed by atoms with E-state index in [0.29, 0.717) is 31.8 Å². The Bertz CT molecular complexity index is 1230. The molecule has 1 N–H and O–H groups in total. The van der Waals surface area contributed by atoms with Crippen LogP contribution in [-0.4, -0.2) is 50.9 Å². The van der Waals surface area contributed by atoms with Crippen molar-refractivity contribution >= 4 is 10.9 Å². The lowest BCUT2D eigenvalue weighted by atomic mass is 10.1. The Hall–Kier alpha value is -3.50. The van der Waals surface area contributed by atoms with Crippen LogP contribution >= 0.6 is 0 Å². The number of H-pyrrole nitrogens is 1. The van der Waals surface area contributed by atoms with Gasteiger partial charge in [0.05, 0.1) is 39.1 Å². The molecule has 1 atom stereocenters. The van der Waals surface area contributed by atoms with Gasteiger partial charge in [-0.15, -0.1) is 5.10 Å². The molecule has 0 saturated heterocycles. The highest BCUT2D eigenvalue weighted by molar-refractivity contribution is 5.80. The first-order valence-electron chi connectivity index (χ1n) is 10.8. The van der Waals surface area contributed by atoms with Gasteiger partial charge in [0.25, 0.3) is 5.56 Å². The third-order valence-electron chi connectivity index (χ3n) is 5.63. The molecule has 1 aromatic carbocycles. The topological polar surface area (TPSA) is 111 Å². The summed E-state index contributed by atoms with van der Waals surface area (Å²) in [5.74, 6) is 2.25. The number of benzene rings is 1. The van der Waals surface area contributed by atoms with Crippen molar-refractivity contribution in [3.63, 3.8) is 0 Å². The quantitative estimate of drug-likeness (QED) is 0.370. The highest BCUT2D eigenvalue weighted by Gasteiger charge is 2.26. The highest BCUT2D eigenvalue weighted by Crippen LogP contribution is 2.27. The van der Waals surface area contributed by atoms with Crippen molar-refractivity contribution in [2.45, 2.75) is 39.0 Å². The molecule has 0 amide bonds. The zero-order valence-corrected chi connectivity index (χ0v) is 19.0. The summed E-state index contributed by atoms with van der Waals surface area (Å²) < 4.78 is 17.9. The number of nitrogens with one attached hydrogen (secondary N) is 1. The first-order valence-corrected chi connectivity index (χ1v) is 10.8. The van der Waals surface area contributed by atoms with Crippen molar-refractivity contribution in [3.8, 4) is 5.75 Å². The number of fused-ring (bicyclic) bond motifs is 1. The summed E-state index contributed by atoms with van der Waals surface area (Å²) in [6.45, 7) is 4.00. The number of nitrogens with zero attached hydrogens (tertiary/aromatic N) is 5. The van der Waals surface area contributed by atoms with E-state index in [1.54, 1.807) is 25.2 Å². The van der Waals surface area contributed by atoms with Gasteiger partial charge in [-0.3, -0.25) is 9.69 Å². The lowest BCUT2D eigenvalue weighted by Crippen LogP contribution is -2.32. The molecule has 0 unspecified atom stereocenters. The molecule has 0 aliphatic heterocycles. The molecular formula is C23H28N6O4. The second-order valence-electron chi connectivity index (χ2n) is 7.74. The van der Waals surface area contributed by atoms with Gasteiger partial charge in [-0.1, -0.05) is 6.92 Å². The molecule has 4 rings (SSSR count). The van der Waals surface area contributed by atoms with Crippen molar-refractivity contribution in [2.24, 2.45) is 0 Å². The summed E-state index contributed by atoms with van der Waals surface area (Å²) in [6.07, 6.45) is 2.39. The van der Waals surface area contributed by atoms with E-state index in [1.165, 1.54) is 0 Å². The molecule has 0 aliphatic rings. The molecule has 4 aromatic rings. The predicted octanol–water partition coefficient (Wildman–Crippen LogP) is 2.92. The average Bonchev–Trinajstić information content (AvgIpc) is 3.50. The van der Waals surface area contributed by atoms with Gasteiger partial charge < -0.3 is 18.9 Å². The molecule has 10 nitrogen and oxygen atoms in total. The number of hydrogen-bond acceptors (Lipinski definition) is 8. The maximum atomic E-state index is 12.9. The Kier molecular flexibility index (Phi) is 7.16. The van der Waals surface area contributed by atoms with Crippen LogP contribution in [-0.2, 0) is 24.4 Å². The Morgan fingerprint density at radius 3 is 2.82 bits per heavy atom. The molecule has 0 bridgehead atoms. The molecule has 0 fully saturated rings. The van der Waals surface area contributed by atoms with Crippen molar-refractivity contribution in [1.82, 2.24) is 30.1 Å². The maximum absolute atomic E-state index is 12.9. The van der Waals surface area contributed by atoms with E-state index in [0.717, 1.165) is 34.7 Å². The van der Waals surface area contributed by atoms with Gasteiger partial charge in [-0.05, 0) is 53.2 Å². The molecule has 0 spiro atoms. The van der Waals surface area contributed by atoms with E-state index in [9.17, 15) is 4.79 Å². The molecule has 0 radical (unpaired) electrons. The van der Waals surface area contributed by atoms with E-state index in [-0.39, 0.29) is 11.6 Å². The first-order chi connectivity index (χ1) is 16.1. The second-order valence-corrected chi connectivity index (χ2v) is 7.74. The van der Waals surface area contributed by atoms with Gasteiger partial charge in [0.2, 0.25) is 0 Å². The van der Waals surface area contributed by atoms with E-state index in [4.69, 9.17) is 13.9 Å². The van der Waals surface area contributed by atoms with Crippen molar-refractivity contribution in [1.29, 1.82) is 0 Å². The number of ether oxygens (including phenoxy) is 2. The SMILES string of the molecule is CC[C@@H](c1nnnn1CCOC)N(Cc1ccco1)Cc1cc2cc(OC)ccc2[nH]c1=O. The fraction of sp³-hybridized carbons (Fsp3) is 0.391. The number of rotatable bonds is 11. The third-order valence-corrected chi connectivity index (χ3v) is 5.63. The van der Waals surface area contributed by atoms with Crippen LogP contribution in [0, 0.1) is 0 Å². The van der Waals surface area contributed by atoms with Gasteiger partial charge in [0.15, 0.2) is 5.82 Å². The van der Waals surface area contributed by atoms with Crippen LogP contribution in [0.1, 0.15) is 36.5 Å². The first kappa shape index (κ1) is 22.7. The number of methoxy groups -OCH3 is 2. The smallest absolute Gasteiger partial charge is 0.252 e. The minimum absolute atomic E-state index is 0.133. The van der Waals surface area contributed by atoms with Crippen LogP contribution in [0.5, 0.6) is 5.75 Å². The van der Waals surface area contributed by atoms with Crippen LogP contribution < -0.4 is 10.3 Å². The molecular weight excluding hydrogens is 424 g/mol. The van der Waals surface area contributed by atoms with Gasteiger partial charge in [0.1, 0.15) is 11.5 Å². The van der Waals surface area contributed by atoms with Gasteiger partial charge in [0, 0.05) is 30.1 Å². The fourth-order valence-corrected chi connectivity index (χ4v) is 3.96. The van der Waals surface area contributed by atoms with Gasteiger partial charge in [-0.2, -0.15) is 0 Å². The third kappa shape index (κ3) is 5.12. The van der Waals surface area contributed by atoms with Crippen LogP contribution in [0.25, 0.3) is 10.9 Å². The second kappa shape index (κ2) is 10.4. The predicted molar refractivity (Wildman–Crippen MR) is 122 cm³/mol. The summed E-state index contributed by atoms with van der Waals surface area (Å²) >= 11 is 0. The Labute approximate surface area is 191 Å². The average molecular weight is 453 g/mol. The lowest BCUT2D eigenvalue weighted by molar-refractivity contribution is 0.142. The molecule has 3 aromatic heterocycles. The van der Waals surface area contributed by atoms with E-state index >= 15 is 0 Å². The zero-order valence-electron chi connectivity index (χ0n) is 19.0. The van der Waals surface area contributed by atoms with E-state index in [2.05, 4.69) is 32.3 Å². The Morgan fingerprint density at radius 2 is 2.09 bits per heavy atom. The maximum Gasteiger partial charge on any atom is 0.252 e. The Balaban J connectivity index is 1.71.